The summed E-state index contributed by atoms with van der Waals surface area (Å²) in [5.41, 5.74) is 3.49. The maximum absolute atomic E-state index is 11.8. The van der Waals surface area contributed by atoms with Crippen LogP contribution in [0.5, 0.6) is 5.75 Å². The maximum Gasteiger partial charge on any atom is 0.514 e. The van der Waals surface area contributed by atoms with Crippen molar-refractivity contribution in [2.45, 2.75) is 18.1 Å². The molecule has 0 atom stereocenters. The van der Waals surface area contributed by atoms with Crippen LogP contribution in [0, 0.1) is 0 Å². The molecule has 3 nitrogen and oxygen atoms in total. The van der Waals surface area contributed by atoms with Gasteiger partial charge in [-0.1, -0.05) is 72.8 Å². The van der Waals surface area contributed by atoms with E-state index in [1.807, 2.05) is 48.5 Å². The number of carbonyl (C=O) groups is 1. The van der Waals surface area contributed by atoms with Gasteiger partial charge in [-0.2, -0.15) is 0 Å². The predicted molar refractivity (Wildman–Crippen MR) is 120 cm³/mol. The van der Waals surface area contributed by atoms with Gasteiger partial charge in [-0.3, -0.25) is 0 Å². The van der Waals surface area contributed by atoms with Gasteiger partial charge in [0.1, 0.15) is 23.9 Å². The normalized spacial score (nSPS) is 13.0. The van der Waals surface area contributed by atoms with Crippen molar-refractivity contribution in [3.63, 3.8) is 0 Å². The average molecular weight is 510 g/mol. The van der Waals surface area contributed by atoms with Crippen LogP contribution >= 0.6 is 7.81 Å². The van der Waals surface area contributed by atoms with Crippen LogP contribution in [-0.2, 0) is 34.6 Å². The molecular formula is C22H21F6O3PS. The zero-order valence-electron chi connectivity index (χ0n) is 17.1. The van der Waals surface area contributed by atoms with E-state index in [2.05, 4.69) is 24.3 Å². The SMILES string of the molecule is F[P-](F)(F)(F)(F)F.O=C(OCc1ccccc1)Oc1ccc(C[SH+]Cc2ccccc2)cc1. The van der Waals surface area contributed by atoms with Gasteiger partial charge in [-0.25, -0.2) is 4.79 Å². The van der Waals surface area contributed by atoms with E-state index < -0.39 is 14.0 Å². The molecule has 0 saturated carbocycles. The van der Waals surface area contributed by atoms with E-state index in [1.54, 1.807) is 12.1 Å². The first-order chi connectivity index (χ1) is 15.2. The van der Waals surface area contributed by atoms with Gasteiger partial charge in [-0.05, 0) is 29.5 Å². The van der Waals surface area contributed by atoms with Crippen molar-refractivity contribution in [1.82, 2.24) is 0 Å². The molecular weight excluding hydrogens is 489 g/mol. The summed E-state index contributed by atoms with van der Waals surface area (Å²) in [6.45, 7) is 0.204. The Bertz CT molecular complexity index is 1000. The predicted octanol–water partition coefficient (Wildman–Crippen LogP) is 8.30. The van der Waals surface area contributed by atoms with Gasteiger partial charge in [-0.15, -0.1) is 0 Å². The fraction of sp³-hybridized carbons (Fsp3) is 0.136. The van der Waals surface area contributed by atoms with Crippen LogP contribution in [-0.4, -0.2) is 6.16 Å². The molecule has 0 aromatic heterocycles. The van der Waals surface area contributed by atoms with Crippen molar-refractivity contribution in [3.8, 4) is 5.75 Å². The Kier molecular flexibility index (Phi) is 8.43. The molecule has 0 aliphatic rings. The summed E-state index contributed by atoms with van der Waals surface area (Å²) in [4.78, 5) is 11.8. The molecule has 0 saturated heterocycles. The van der Waals surface area contributed by atoms with Crippen LogP contribution in [0.4, 0.5) is 30.0 Å². The van der Waals surface area contributed by atoms with E-state index in [4.69, 9.17) is 9.47 Å². The summed E-state index contributed by atoms with van der Waals surface area (Å²) in [6, 6.07) is 27.5. The van der Waals surface area contributed by atoms with Crippen LogP contribution in [0.3, 0.4) is 0 Å². The summed E-state index contributed by atoms with van der Waals surface area (Å²) < 4.78 is 69.5. The van der Waals surface area contributed by atoms with E-state index in [9.17, 15) is 30.0 Å². The van der Waals surface area contributed by atoms with E-state index in [1.165, 1.54) is 22.9 Å². The van der Waals surface area contributed by atoms with Gasteiger partial charge < -0.3 is 9.47 Å². The fourth-order valence-corrected chi connectivity index (χ4v) is 3.45. The van der Waals surface area contributed by atoms with Gasteiger partial charge in [0, 0.05) is 11.1 Å². The van der Waals surface area contributed by atoms with Crippen molar-refractivity contribution in [2.75, 3.05) is 0 Å². The number of thiol groups is 1. The molecule has 0 spiro atoms. The molecule has 0 unspecified atom stereocenters. The Balaban J connectivity index is 0.000000479. The first-order valence-corrected chi connectivity index (χ1v) is 12.7. The maximum atomic E-state index is 11.8. The third-order valence-corrected chi connectivity index (χ3v) is 4.93. The fourth-order valence-electron chi connectivity index (χ4n) is 2.40. The van der Waals surface area contributed by atoms with Crippen molar-refractivity contribution in [3.05, 3.63) is 102 Å². The zero-order valence-corrected chi connectivity index (χ0v) is 18.9. The van der Waals surface area contributed by atoms with Gasteiger partial charge in [0.2, 0.25) is 0 Å². The summed E-state index contributed by atoms with van der Waals surface area (Å²) in [5, 5.41) is 0. The van der Waals surface area contributed by atoms with E-state index in [-0.39, 0.29) is 6.61 Å². The largest absolute Gasteiger partial charge is 0.514 e. The van der Waals surface area contributed by atoms with Gasteiger partial charge in [0.25, 0.3) is 0 Å². The molecule has 0 aliphatic carbocycles. The summed E-state index contributed by atoms with van der Waals surface area (Å²) in [6.07, 6.45) is -0.691. The minimum absolute atomic E-state index is 0.204. The van der Waals surface area contributed by atoms with Crippen molar-refractivity contribution in [1.29, 1.82) is 0 Å². The topological polar surface area (TPSA) is 35.5 Å². The third kappa shape index (κ3) is 14.9. The minimum Gasteiger partial charge on any atom is -0.429 e. The Labute approximate surface area is 191 Å². The molecule has 3 aromatic rings. The molecule has 33 heavy (non-hydrogen) atoms. The number of hydrogen-bond donors (Lipinski definition) is 0. The summed E-state index contributed by atoms with van der Waals surface area (Å²) in [7, 11) is -10.7. The summed E-state index contributed by atoms with van der Waals surface area (Å²) >= 11 is 1.34. The molecule has 0 fully saturated rings. The van der Waals surface area contributed by atoms with E-state index in [0.717, 1.165) is 17.1 Å². The smallest absolute Gasteiger partial charge is 0.429 e. The molecule has 0 heterocycles. The molecule has 180 valence electrons. The van der Waals surface area contributed by atoms with Crippen LogP contribution in [0.2, 0.25) is 0 Å². The Morgan fingerprint density at radius 1 is 0.667 bits per heavy atom. The van der Waals surface area contributed by atoms with Crippen LogP contribution in [0.25, 0.3) is 0 Å². The van der Waals surface area contributed by atoms with Crippen LogP contribution in [0.1, 0.15) is 16.7 Å². The summed E-state index contributed by atoms with van der Waals surface area (Å²) in [5.74, 6) is 2.49. The second kappa shape index (κ2) is 10.5. The molecule has 0 amide bonds. The molecule has 3 rings (SSSR count). The number of hydrogen-bond acceptors (Lipinski definition) is 3. The molecule has 0 radical (unpaired) electrons. The molecule has 11 heteroatoms. The standard InChI is InChI=1S/C22H20O3S.F6P/c23-22(24-15-18-7-3-1-4-8-18)25-21-13-11-20(12-14-21)17-26-16-19-9-5-2-6-10-19;1-7(2,3,4,5)6/h1-14H,15-17H2;/q;-1/p+1. The van der Waals surface area contributed by atoms with Crippen molar-refractivity contribution < 1.29 is 39.4 Å². The molecule has 0 N–H and O–H groups in total. The van der Waals surface area contributed by atoms with Crippen molar-refractivity contribution >= 4 is 25.7 Å². The second-order valence-corrected chi connectivity index (χ2v) is 9.75. The quantitative estimate of drug-likeness (QED) is 0.0801. The number of benzene rings is 3. The van der Waals surface area contributed by atoms with E-state index >= 15 is 0 Å². The first kappa shape index (κ1) is 26.5. The van der Waals surface area contributed by atoms with Crippen molar-refractivity contribution in [2.24, 2.45) is 0 Å². The number of halogens is 6. The molecule has 3 aromatic carbocycles. The molecule has 0 aliphatic heterocycles. The number of rotatable bonds is 7. The first-order valence-electron chi connectivity index (χ1n) is 9.46. The van der Waals surface area contributed by atoms with Gasteiger partial charge >= 0.3 is 39.1 Å². The Morgan fingerprint density at radius 3 is 1.58 bits per heavy atom. The second-order valence-electron chi connectivity index (χ2n) is 6.75. The molecule has 0 bridgehead atoms. The van der Waals surface area contributed by atoms with Gasteiger partial charge in [0.15, 0.2) is 0 Å². The van der Waals surface area contributed by atoms with Gasteiger partial charge in [0.05, 0.1) is 0 Å². The number of ether oxygens (including phenoxy) is 2. The minimum atomic E-state index is -10.7. The Hall–Kier alpha value is -2.71. The van der Waals surface area contributed by atoms with Crippen LogP contribution < -0.4 is 4.74 Å². The number of carbonyl (C=O) groups excluding carboxylic acids is 1. The van der Waals surface area contributed by atoms with E-state index in [0.29, 0.717) is 5.75 Å². The van der Waals surface area contributed by atoms with Crippen LogP contribution in [0.15, 0.2) is 84.9 Å². The zero-order chi connectivity index (χ0) is 24.4. The average Bonchev–Trinajstić information content (AvgIpc) is 2.73. The monoisotopic (exact) mass is 510 g/mol. The third-order valence-electron chi connectivity index (χ3n) is 3.76. The Morgan fingerprint density at radius 2 is 1.09 bits per heavy atom.